The molecular weight excluding hydrogens is 437 g/mol. The molecule has 0 amide bonds. The lowest BCUT2D eigenvalue weighted by Crippen LogP contribution is -2.27. The fourth-order valence-corrected chi connectivity index (χ4v) is 3.87. The average molecular weight is 458 g/mol. The number of nitrogens with zero attached hydrogens (tertiary/aromatic N) is 6. The Morgan fingerprint density at radius 3 is 2.73 bits per heavy atom. The molecule has 0 unspecified atom stereocenters. The van der Waals surface area contributed by atoms with Crippen molar-refractivity contribution in [2.75, 3.05) is 18.4 Å². The Kier molecular flexibility index (Phi) is 5.36. The summed E-state index contributed by atoms with van der Waals surface area (Å²) in [6.07, 6.45) is 0.842. The molecule has 0 bridgehead atoms. The van der Waals surface area contributed by atoms with Crippen LogP contribution in [0, 0.1) is 13.8 Å². The lowest BCUT2D eigenvalue weighted by Gasteiger charge is -2.16. The van der Waals surface area contributed by atoms with Crippen LogP contribution in [-0.4, -0.2) is 54.7 Å². The first kappa shape index (κ1) is 21.2. The molecule has 4 aromatic heterocycles. The van der Waals surface area contributed by atoms with Gasteiger partial charge in [-0.2, -0.15) is 23.7 Å². The van der Waals surface area contributed by atoms with E-state index in [-0.39, 0.29) is 18.0 Å². The molecule has 5 heterocycles. The quantitative estimate of drug-likeness (QED) is 0.457. The van der Waals surface area contributed by atoms with Crippen LogP contribution in [0.25, 0.3) is 16.8 Å². The number of fused-ring (bicyclic) bond motifs is 1. The third-order valence-corrected chi connectivity index (χ3v) is 5.27. The zero-order valence-corrected chi connectivity index (χ0v) is 17.8. The van der Waals surface area contributed by atoms with E-state index in [1.165, 1.54) is 6.20 Å². The van der Waals surface area contributed by atoms with Gasteiger partial charge in [0, 0.05) is 42.7 Å². The van der Waals surface area contributed by atoms with E-state index in [0.29, 0.717) is 39.8 Å². The Morgan fingerprint density at radius 1 is 1.15 bits per heavy atom. The van der Waals surface area contributed by atoms with Gasteiger partial charge in [0.1, 0.15) is 23.4 Å². The van der Waals surface area contributed by atoms with Crippen LogP contribution < -0.4 is 15.4 Å². The minimum atomic E-state index is -2.89. The predicted octanol–water partition coefficient (Wildman–Crippen LogP) is 3.43. The number of hydrogen-bond donors (Lipinski definition) is 2. The minimum absolute atomic E-state index is 0.0735. The van der Waals surface area contributed by atoms with Crippen LogP contribution in [0.2, 0.25) is 0 Å². The van der Waals surface area contributed by atoms with Gasteiger partial charge < -0.3 is 15.4 Å². The molecule has 0 aromatic carbocycles. The van der Waals surface area contributed by atoms with E-state index in [1.54, 1.807) is 41.9 Å². The number of aromatic nitrogens is 6. The molecule has 1 aliphatic heterocycles. The van der Waals surface area contributed by atoms with Crippen molar-refractivity contribution in [3.63, 3.8) is 0 Å². The van der Waals surface area contributed by atoms with Gasteiger partial charge in [-0.3, -0.25) is 0 Å². The van der Waals surface area contributed by atoms with Crippen molar-refractivity contribution in [3.05, 3.63) is 48.2 Å². The molecule has 1 saturated heterocycles. The van der Waals surface area contributed by atoms with Crippen LogP contribution in [0.5, 0.6) is 5.75 Å². The highest BCUT2D eigenvalue weighted by Gasteiger charge is 2.31. The molecular formula is C21H21F3N8O. The predicted molar refractivity (Wildman–Crippen MR) is 115 cm³/mol. The molecule has 0 aliphatic carbocycles. The number of anilines is 2. The number of ether oxygens (including phenoxy) is 1. The smallest absolute Gasteiger partial charge is 0.333 e. The molecule has 0 spiro atoms. The van der Waals surface area contributed by atoms with E-state index < -0.39 is 18.8 Å². The standard InChI is InChI=1S/C21H21F3N8O/c1-11-5-18(28-12(2)27-11)29-19-7-14-6-13(3-4-31(14)30-19)20-17(10-26-32(20)21(23)24)33-16-9-25-8-15(16)22/h3-7,10,15-16,21,25H,8-9H2,1-2H3,(H,27,28,29,30)/t15-,16+/m0/s1. The zero-order chi connectivity index (χ0) is 23.1. The van der Waals surface area contributed by atoms with Gasteiger partial charge >= 0.3 is 6.55 Å². The normalized spacial score (nSPS) is 18.4. The SMILES string of the molecule is Cc1cc(Nc2cc3cc(-c4c(O[C@@H]5CNC[C@@H]5F)cnn4C(F)F)ccn3n2)nc(C)n1. The molecule has 4 aromatic rings. The molecule has 5 rings (SSSR count). The first-order valence-corrected chi connectivity index (χ1v) is 10.3. The Balaban J connectivity index is 1.49. The van der Waals surface area contributed by atoms with E-state index in [1.807, 2.05) is 6.92 Å². The second-order valence-electron chi connectivity index (χ2n) is 7.79. The van der Waals surface area contributed by atoms with E-state index in [2.05, 4.69) is 30.8 Å². The van der Waals surface area contributed by atoms with Gasteiger partial charge in [-0.1, -0.05) is 0 Å². The summed E-state index contributed by atoms with van der Waals surface area (Å²) in [7, 11) is 0. The number of halogens is 3. The van der Waals surface area contributed by atoms with Crippen LogP contribution >= 0.6 is 0 Å². The second kappa shape index (κ2) is 8.35. The van der Waals surface area contributed by atoms with Crippen LogP contribution in [-0.2, 0) is 0 Å². The largest absolute Gasteiger partial charge is 0.482 e. The highest BCUT2D eigenvalue weighted by atomic mass is 19.3. The maximum absolute atomic E-state index is 14.0. The Hall–Kier alpha value is -3.67. The van der Waals surface area contributed by atoms with E-state index in [4.69, 9.17) is 4.74 Å². The van der Waals surface area contributed by atoms with Crippen molar-refractivity contribution in [3.8, 4) is 17.0 Å². The number of rotatable bonds is 6. The summed E-state index contributed by atoms with van der Waals surface area (Å²) in [5.41, 5.74) is 1.98. The van der Waals surface area contributed by atoms with Gasteiger partial charge in [0.2, 0.25) is 0 Å². The fraction of sp³-hybridized carbons (Fsp3) is 0.333. The molecule has 172 valence electrons. The number of alkyl halides is 3. The van der Waals surface area contributed by atoms with Crippen molar-refractivity contribution in [1.29, 1.82) is 0 Å². The van der Waals surface area contributed by atoms with Gasteiger partial charge in [0.15, 0.2) is 17.7 Å². The summed E-state index contributed by atoms with van der Waals surface area (Å²) >= 11 is 0. The molecule has 9 nitrogen and oxygen atoms in total. The fourth-order valence-electron chi connectivity index (χ4n) is 3.87. The van der Waals surface area contributed by atoms with Crippen LogP contribution in [0.1, 0.15) is 18.1 Å². The topological polar surface area (TPSA) is 94.2 Å². The first-order valence-electron chi connectivity index (χ1n) is 10.3. The zero-order valence-electron chi connectivity index (χ0n) is 17.8. The molecule has 33 heavy (non-hydrogen) atoms. The molecule has 0 saturated carbocycles. The number of nitrogens with one attached hydrogen (secondary N) is 2. The van der Waals surface area contributed by atoms with Crippen molar-refractivity contribution < 1.29 is 17.9 Å². The number of hydrogen-bond acceptors (Lipinski definition) is 7. The number of pyridine rings is 1. The van der Waals surface area contributed by atoms with Crippen molar-refractivity contribution in [1.82, 2.24) is 34.7 Å². The van der Waals surface area contributed by atoms with Gasteiger partial charge in [0.05, 0.1) is 11.7 Å². The maximum Gasteiger partial charge on any atom is 0.333 e. The van der Waals surface area contributed by atoms with E-state index in [9.17, 15) is 13.2 Å². The van der Waals surface area contributed by atoms with Crippen molar-refractivity contribution in [2.24, 2.45) is 0 Å². The van der Waals surface area contributed by atoms with Gasteiger partial charge in [0.25, 0.3) is 0 Å². The Morgan fingerprint density at radius 2 is 2.00 bits per heavy atom. The molecule has 0 radical (unpaired) electrons. The summed E-state index contributed by atoms with van der Waals surface area (Å²) in [6.45, 7) is 1.23. The third-order valence-electron chi connectivity index (χ3n) is 5.27. The van der Waals surface area contributed by atoms with Crippen molar-refractivity contribution in [2.45, 2.75) is 32.7 Å². The van der Waals surface area contributed by atoms with E-state index in [0.717, 1.165) is 5.69 Å². The average Bonchev–Trinajstić information content (AvgIpc) is 3.45. The molecule has 12 heteroatoms. The maximum atomic E-state index is 14.0. The molecule has 2 N–H and O–H groups in total. The highest BCUT2D eigenvalue weighted by Crippen LogP contribution is 2.35. The molecule has 2 atom stereocenters. The van der Waals surface area contributed by atoms with Gasteiger partial charge in [-0.25, -0.2) is 18.9 Å². The summed E-state index contributed by atoms with van der Waals surface area (Å²) in [5, 5.41) is 14.2. The monoisotopic (exact) mass is 458 g/mol. The Labute approximate surface area is 186 Å². The van der Waals surface area contributed by atoms with Gasteiger partial charge in [-0.15, -0.1) is 0 Å². The summed E-state index contributed by atoms with van der Waals surface area (Å²) in [4.78, 5) is 8.58. The summed E-state index contributed by atoms with van der Waals surface area (Å²) in [5.74, 6) is 1.85. The Bertz CT molecular complexity index is 1280. The summed E-state index contributed by atoms with van der Waals surface area (Å²) in [6, 6.07) is 6.88. The highest BCUT2D eigenvalue weighted by molar-refractivity contribution is 5.73. The van der Waals surface area contributed by atoms with E-state index >= 15 is 0 Å². The van der Waals surface area contributed by atoms with Crippen molar-refractivity contribution >= 4 is 17.2 Å². The van der Waals surface area contributed by atoms with Crippen LogP contribution in [0.15, 0.2) is 36.7 Å². The lowest BCUT2D eigenvalue weighted by molar-refractivity contribution is 0.0580. The third kappa shape index (κ3) is 4.21. The first-order chi connectivity index (χ1) is 15.9. The van der Waals surface area contributed by atoms with Gasteiger partial charge in [-0.05, 0) is 26.0 Å². The van der Waals surface area contributed by atoms with Crippen LogP contribution in [0.3, 0.4) is 0 Å². The number of aryl methyl sites for hydroxylation is 2. The van der Waals surface area contributed by atoms with Crippen LogP contribution in [0.4, 0.5) is 24.8 Å². The molecule has 1 aliphatic rings. The second-order valence-corrected chi connectivity index (χ2v) is 7.79. The minimum Gasteiger partial charge on any atom is -0.482 e. The lowest BCUT2D eigenvalue weighted by atomic mass is 10.1. The summed E-state index contributed by atoms with van der Waals surface area (Å²) < 4.78 is 49.2. The molecule has 1 fully saturated rings.